The molecular formula is C28H39N5O6. The summed E-state index contributed by atoms with van der Waals surface area (Å²) in [5.74, 6) is -2.62. The van der Waals surface area contributed by atoms with E-state index in [2.05, 4.69) is 28.2 Å². The molecule has 6 amide bonds. The molecule has 0 saturated carbocycles. The number of carbonyl (C=O) groups is 6. The lowest BCUT2D eigenvalue weighted by molar-refractivity contribution is -0.137. The molecule has 1 heterocycles. The van der Waals surface area contributed by atoms with Crippen LogP contribution in [0.2, 0.25) is 0 Å². The third kappa shape index (κ3) is 11.1. The van der Waals surface area contributed by atoms with Crippen molar-refractivity contribution < 1.29 is 28.8 Å². The molecule has 0 radical (unpaired) electrons. The highest BCUT2D eigenvalue weighted by Gasteiger charge is 2.25. The second-order valence-corrected chi connectivity index (χ2v) is 9.75. The predicted octanol–water partition coefficient (Wildman–Crippen LogP) is 1.44. The van der Waals surface area contributed by atoms with Gasteiger partial charge in [0.15, 0.2) is 0 Å². The zero-order valence-electron chi connectivity index (χ0n) is 22.9. The van der Waals surface area contributed by atoms with Crippen LogP contribution in [0.25, 0.3) is 0 Å². The lowest BCUT2D eigenvalue weighted by Gasteiger charge is -2.21. The van der Waals surface area contributed by atoms with Crippen molar-refractivity contribution in [2.45, 2.75) is 65.3 Å². The largest absolute Gasteiger partial charge is 0.347 e. The van der Waals surface area contributed by atoms with Crippen molar-refractivity contribution >= 4 is 41.1 Å². The van der Waals surface area contributed by atoms with E-state index < -0.39 is 17.9 Å². The molecule has 212 valence electrons. The molecular weight excluding hydrogens is 502 g/mol. The Morgan fingerprint density at radius 1 is 0.821 bits per heavy atom. The Kier molecular flexibility index (Phi) is 12.8. The van der Waals surface area contributed by atoms with E-state index in [4.69, 9.17) is 0 Å². The van der Waals surface area contributed by atoms with Crippen LogP contribution in [0.4, 0.5) is 5.69 Å². The summed E-state index contributed by atoms with van der Waals surface area (Å²) in [6, 6.07) is 6.64. The quantitative estimate of drug-likeness (QED) is 0.183. The van der Waals surface area contributed by atoms with Gasteiger partial charge in [-0.05, 0) is 42.9 Å². The fourth-order valence-electron chi connectivity index (χ4n) is 3.94. The highest BCUT2D eigenvalue weighted by Crippen LogP contribution is 2.11. The Hall–Kier alpha value is -4.02. The van der Waals surface area contributed by atoms with E-state index in [1.54, 1.807) is 13.8 Å². The average Bonchev–Trinajstić information content (AvgIpc) is 3.22. The smallest absolute Gasteiger partial charge is 0.253 e. The van der Waals surface area contributed by atoms with Crippen LogP contribution in [0.1, 0.15) is 58.4 Å². The minimum Gasteiger partial charge on any atom is -0.347 e. The molecule has 0 aliphatic carbocycles. The van der Waals surface area contributed by atoms with E-state index in [0.717, 1.165) is 17.7 Å². The number of nitrogens with one attached hydrogen (secondary N) is 4. The van der Waals surface area contributed by atoms with E-state index in [9.17, 15) is 28.8 Å². The minimum atomic E-state index is -0.874. The number of nitrogens with zero attached hydrogens (tertiary/aromatic N) is 1. The summed E-state index contributed by atoms with van der Waals surface area (Å²) >= 11 is 0. The number of amides is 6. The van der Waals surface area contributed by atoms with Crippen molar-refractivity contribution in [2.24, 2.45) is 5.92 Å². The monoisotopic (exact) mass is 541 g/mol. The maximum absolute atomic E-state index is 12.6. The zero-order chi connectivity index (χ0) is 28.8. The first-order chi connectivity index (χ1) is 18.6. The van der Waals surface area contributed by atoms with Crippen LogP contribution in [0.5, 0.6) is 0 Å². The number of aryl methyl sites for hydroxylation is 1. The number of benzene rings is 1. The molecule has 0 saturated heterocycles. The van der Waals surface area contributed by atoms with E-state index in [0.29, 0.717) is 31.5 Å². The molecule has 1 aliphatic heterocycles. The molecule has 11 nitrogen and oxygen atoms in total. The summed E-state index contributed by atoms with van der Waals surface area (Å²) in [5, 5.41) is 10.4. The topological polar surface area (TPSA) is 154 Å². The van der Waals surface area contributed by atoms with Gasteiger partial charge in [0, 0.05) is 30.8 Å². The average molecular weight is 542 g/mol. The molecule has 1 aromatic rings. The normalized spacial score (nSPS) is 13.4. The van der Waals surface area contributed by atoms with E-state index in [-0.39, 0.29) is 49.1 Å². The Morgan fingerprint density at radius 3 is 2.08 bits per heavy atom. The summed E-state index contributed by atoms with van der Waals surface area (Å²) < 4.78 is 0. The summed E-state index contributed by atoms with van der Waals surface area (Å²) in [5.41, 5.74) is 1.81. The molecule has 1 aromatic carbocycles. The van der Waals surface area contributed by atoms with E-state index in [1.807, 2.05) is 24.3 Å². The van der Waals surface area contributed by atoms with Gasteiger partial charge in [0.05, 0.1) is 13.1 Å². The van der Waals surface area contributed by atoms with Crippen LogP contribution < -0.4 is 21.3 Å². The number of hydrogen-bond donors (Lipinski definition) is 4. The molecule has 0 aromatic heterocycles. The fourth-order valence-corrected chi connectivity index (χ4v) is 3.94. The molecule has 0 spiro atoms. The number of unbranched alkanes of at least 4 members (excludes halogenated alkanes) is 2. The number of hydrogen-bond acceptors (Lipinski definition) is 6. The number of carbonyl (C=O) groups excluding carboxylic acids is 6. The molecule has 1 aliphatic rings. The van der Waals surface area contributed by atoms with Gasteiger partial charge in [0.2, 0.25) is 23.6 Å². The van der Waals surface area contributed by atoms with Gasteiger partial charge >= 0.3 is 0 Å². The first-order valence-electron chi connectivity index (χ1n) is 13.4. The van der Waals surface area contributed by atoms with Gasteiger partial charge < -0.3 is 21.3 Å². The molecule has 11 heteroatoms. The van der Waals surface area contributed by atoms with Crippen LogP contribution in [-0.4, -0.2) is 66.0 Å². The van der Waals surface area contributed by atoms with Gasteiger partial charge in [-0.1, -0.05) is 45.7 Å². The molecule has 1 unspecified atom stereocenters. The Bertz CT molecular complexity index is 1050. The standard InChI is InChI=1S/C28H39N5O6/c1-4-8-20-10-12-21(13-11-20)31-23(35)18-30-28(39)27(19(2)3)32-24(36)17-29-22(34)9-6-5-7-16-33-25(37)14-15-26(33)38/h10-15,19,27H,4-9,16-18H2,1-3H3,(H,29,34)(H,30,39)(H,31,35)(H,32,36). The number of imide groups is 1. The second-order valence-electron chi connectivity index (χ2n) is 9.75. The maximum Gasteiger partial charge on any atom is 0.253 e. The SMILES string of the molecule is CCCc1ccc(NC(=O)CNC(=O)C(NC(=O)CNC(=O)CCCCCN2C(=O)C=CC2=O)C(C)C)cc1. The first kappa shape index (κ1) is 31.2. The summed E-state index contributed by atoms with van der Waals surface area (Å²) in [6.45, 7) is 5.40. The van der Waals surface area contributed by atoms with E-state index in [1.165, 1.54) is 17.7 Å². The van der Waals surface area contributed by atoms with Crippen molar-refractivity contribution in [3.05, 3.63) is 42.0 Å². The van der Waals surface area contributed by atoms with Gasteiger partial charge in [-0.15, -0.1) is 0 Å². The molecule has 2 rings (SSSR count). The molecule has 1 atom stereocenters. The number of anilines is 1. The van der Waals surface area contributed by atoms with Gasteiger partial charge in [0.25, 0.3) is 11.8 Å². The van der Waals surface area contributed by atoms with Gasteiger partial charge in [-0.25, -0.2) is 0 Å². The highest BCUT2D eigenvalue weighted by molar-refractivity contribution is 6.12. The summed E-state index contributed by atoms with van der Waals surface area (Å²) in [4.78, 5) is 73.4. The third-order valence-corrected chi connectivity index (χ3v) is 6.10. The van der Waals surface area contributed by atoms with Crippen LogP contribution in [0.15, 0.2) is 36.4 Å². The summed E-state index contributed by atoms with van der Waals surface area (Å²) in [7, 11) is 0. The Balaban J connectivity index is 1.65. The van der Waals surface area contributed by atoms with Gasteiger partial charge in [0.1, 0.15) is 6.04 Å². The molecule has 0 bridgehead atoms. The first-order valence-corrected chi connectivity index (χ1v) is 13.4. The maximum atomic E-state index is 12.6. The van der Waals surface area contributed by atoms with Crippen LogP contribution >= 0.6 is 0 Å². The lowest BCUT2D eigenvalue weighted by Crippen LogP contribution is -2.52. The lowest BCUT2D eigenvalue weighted by atomic mass is 10.0. The van der Waals surface area contributed by atoms with Crippen molar-refractivity contribution in [2.75, 3.05) is 25.0 Å². The zero-order valence-corrected chi connectivity index (χ0v) is 22.9. The Morgan fingerprint density at radius 2 is 1.46 bits per heavy atom. The van der Waals surface area contributed by atoms with Gasteiger partial charge in [-0.2, -0.15) is 0 Å². The minimum absolute atomic E-state index is 0.192. The third-order valence-electron chi connectivity index (χ3n) is 6.10. The second kappa shape index (κ2) is 16.1. The number of rotatable bonds is 16. The Labute approximate surface area is 229 Å². The molecule has 4 N–H and O–H groups in total. The van der Waals surface area contributed by atoms with Crippen LogP contribution in [0.3, 0.4) is 0 Å². The molecule has 0 fully saturated rings. The van der Waals surface area contributed by atoms with Crippen LogP contribution in [-0.2, 0) is 35.2 Å². The van der Waals surface area contributed by atoms with Crippen molar-refractivity contribution in [1.29, 1.82) is 0 Å². The predicted molar refractivity (Wildman–Crippen MR) is 146 cm³/mol. The summed E-state index contributed by atoms with van der Waals surface area (Å²) in [6.07, 6.45) is 6.42. The van der Waals surface area contributed by atoms with Gasteiger partial charge in [-0.3, -0.25) is 33.7 Å². The fraction of sp³-hybridized carbons (Fsp3) is 0.500. The van der Waals surface area contributed by atoms with Crippen molar-refractivity contribution in [3.8, 4) is 0 Å². The van der Waals surface area contributed by atoms with Crippen molar-refractivity contribution in [3.63, 3.8) is 0 Å². The molecule has 39 heavy (non-hydrogen) atoms. The van der Waals surface area contributed by atoms with Crippen LogP contribution in [0, 0.1) is 5.92 Å². The van der Waals surface area contributed by atoms with E-state index >= 15 is 0 Å². The van der Waals surface area contributed by atoms with Crippen molar-refractivity contribution in [1.82, 2.24) is 20.9 Å². The highest BCUT2D eigenvalue weighted by atomic mass is 16.2.